The lowest BCUT2D eigenvalue weighted by atomic mass is 9.94. The molecule has 1 aromatic carbocycles. The lowest BCUT2D eigenvalue weighted by Gasteiger charge is -2.34. The number of amides is 1. The minimum absolute atomic E-state index is 0.108. The van der Waals surface area contributed by atoms with Gasteiger partial charge in [0.1, 0.15) is 5.82 Å². The minimum Gasteiger partial charge on any atom is -0.352 e. The Labute approximate surface area is 126 Å². The van der Waals surface area contributed by atoms with Crippen molar-refractivity contribution in [2.75, 3.05) is 13.1 Å². The number of benzene rings is 1. The maximum atomic E-state index is 12.9. The van der Waals surface area contributed by atoms with Gasteiger partial charge < -0.3 is 5.32 Å². The van der Waals surface area contributed by atoms with E-state index in [0.717, 1.165) is 38.0 Å². The molecular weight excluding hydrogens is 267 g/mol. The van der Waals surface area contributed by atoms with Gasteiger partial charge in [-0.1, -0.05) is 32.9 Å². The highest BCUT2D eigenvalue weighted by Crippen LogP contribution is 2.17. The predicted molar refractivity (Wildman–Crippen MR) is 82.3 cm³/mol. The Morgan fingerprint density at radius 1 is 1.33 bits per heavy atom. The molecule has 1 aliphatic rings. The van der Waals surface area contributed by atoms with Crippen LogP contribution < -0.4 is 5.32 Å². The average molecular weight is 292 g/mol. The zero-order chi connectivity index (χ0) is 15.5. The first-order chi connectivity index (χ1) is 9.84. The Balaban J connectivity index is 1.89. The molecule has 0 aromatic heterocycles. The molecular formula is C17H25FN2O. The summed E-state index contributed by atoms with van der Waals surface area (Å²) in [4.78, 5) is 14.4. The highest BCUT2D eigenvalue weighted by Gasteiger charge is 2.26. The maximum absolute atomic E-state index is 12.9. The van der Waals surface area contributed by atoms with Gasteiger partial charge in [0.05, 0.1) is 0 Å². The van der Waals surface area contributed by atoms with E-state index in [9.17, 15) is 9.18 Å². The van der Waals surface area contributed by atoms with E-state index in [1.54, 1.807) is 0 Å². The third-order valence-electron chi connectivity index (χ3n) is 3.84. The first-order valence-electron chi connectivity index (χ1n) is 7.62. The van der Waals surface area contributed by atoms with Gasteiger partial charge in [-0.2, -0.15) is 0 Å². The summed E-state index contributed by atoms with van der Waals surface area (Å²) >= 11 is 0. The summed E-state index contributed by atoms with van der Waals surface area (Å²) < 4.78 is 12.9. The highest BCUT2D eigenvalue weighted by molar-refractivity contribution is 5.81. The van der Waals surface area contributed by atoms with Crippen LogP contribution in [0.2, 0.25) is 0 Å². The van der Waals surface area contributed by atoms with Crippen molar-refractivity contribution < 1.29 is 9.18 Å². The van der Waals surface area contributed by atoms with Crippen LogP contribution in [0.5, 0.6) is 0 Å². The number of hydrogen-bond donors (Lipinski definition) is 1. The van der Waals surface area contributed by atoms with Gasteiger partial charge in [0, 0.05) is 24.5 Å². The molecule has 116 valence electrons. The van der Waals surface area contributed by atoms with Crippen molar-refractivity contribution in [3.05, 3.63) is 35.6 Å². The van der Waals surface area contributed by atoms with Gasteiger partial charge in [0.25, 0.3) is 0 Å². The van der Waals surface area contributed by atoms with Crippen molar-refractivity contribution in [2.24, 2.45) is 5.41 Å². The Kier molecular flexibility index (Phi) is 4.99. The number of nitrogens with zero attached hydrogens (tertiary/aromatic N) is 1. The summed E-state index contributed by atoms with van der Waals surface area (Å²) in [5.41, 5.74) is 0.762. The zero-order valence-electron chi connectivity index (χ0n) is 13.2. The Morgan fingerprint density at radius 2 is 2.00 bits per heavy atom. The molecule has 2 rings (SSSR count). The van der Waals surface area contributed by atoms with E-state index < -0.39 is 0 Å². The van der Waals surface area contributed by atoms with Crippen LogP contribution >= 0.6 is 0 Å². The quantitative estimate of drug-likeness (QED) is 0.929. The van der Waals surface area contributed by atoms with Gasteiger partial charge >= 0.3 is 0 Å². The SMILES string of the molecule is CC(C)(C)C(=O)NC1CCCN(Cc2ccc(F)cc2)C1. The van der Waals surface area contributed by atoms with E-state index >= 15 is 0 Å². The molecule has 3 nitrogen and oxygen atoms in total. The number of rotatable bonds is 3. The number of halogens is 1. The molecule has 1 saturated heterocycles. The van der Waals surface area contributed by atoms with E-state index in [0.29, 0.717) is 0 Å². The smallest absolute Gasteiger partial charge is 0.225 e. The molecule has 1 aromatic rings. The molecule has 1 heterocycles. The van der Waals surface area contributed by atoms with Gasteiger partial charge in [-0.15, -0.1) is 0 Å². The van der Waals surface area contributed by atoms with Crippen LogP contribution in [0.25, 0.3) is 0 Å². The van der Waals surface area contributed by atoms with Crippen LogP contribution in [-0.2, 0) is 11.3 Å². The second kappa shape index (κ2) is 6.56. The van der Waals surface area contributed by atoms with E-state index in [-0.39, 0.29) is 23.2 Å². The first-order valence-corrected chi connectivity index (χ1v) is 7.62. The largest absolute Gasteiger partial charge is 0.352 e. The van der Waals surface area contributed by atoms with Gasteiger partial charge in [-0.25, -0.2) is 4.39 Å². The van der Waals surface area contributed by atoms with Crippen molar-refractivity contribution >= 4 is 5.91 Å². The van der Waals surface area contributed by atoms with Crippen molar-refractivity contribution in [2.45, 2.75) is 46.2 Å². The third-order valence-corrected chi connectivity index (χ3v) is 3.84. The average Bonchev–Trinajstić information content (AvgIpc) is 2.41. The summed E-state index contributed by atoms with van der Waals surface area (Å²) in [6.07, 6.45) is 2.11. The van der Waals surface area contributed by atoms with Crippen LogP contribution in [0.3, 0.4) is 0 Å². The molecule has 4 heteroatoms. The van der Waals surface area contributed by atoms with Gasteiger partial charge in [0.2, 0.25) is 5.91 Å². The van der Waals surface area contributed by atoms with Crippen LogP contribution in [0.4, 0.5) is 4.39 Å². The van der Waals surface area contributed by atoms with Crippen LogP contribution in [0, 0.1) is 11.2 Å². The number of piperidine rings is 1. The second-order valence-electron chi connectivity index (χ2n) is 6.92. The molecule has 1 amide bonds. The molecule has 1 N–H and O–H groups in total. The molecule has 1 aliphatic heterocycles. The lowest BCUT2D eigenvalue weighted by Crippen LogP contribution is -2.50. The van der Waals surface area contributed by atoms with E-state index in [4.69, 9.17) is 0 Å². The molecule has 1 atom stereocenters. The van der Waals surface area contributed by atoms with Crippen LogP contribution in [0.15, 0.2) is 24.3 Å². The summed E-state index contributed by atoms with van der Waals surface area (Å²) in [5.74, 6) is -0.0937. The predicted octanol–water partition coefficient (Wildman–Crippen LogP) is 2.95. The van der Waals surface area contributed by atoms with Crippen molar-refractivity contribution in [1.82, 2.24) is 10.2 Å². The van der Waals surface area contributed by atoms with Crippen molar-refractivity contribution in [3.8, 4) is 0 Å². The number of carbonyl (C=O) groups excluding carboxylic acids is 1. The molecule has 21 heavy (non-hydrogen) atoms. The minimum atomic E-state index is -0.348. The topological polar surface area (TPSA) is 32.3 Å². The van der Waals surface area contributed by atoms with E-state index in [1.807, 2.05) is 32.9 Å². The number of carbonyl (C=O) groups is 1. The molecule has 1 unspecified atom stereocenters. The maximum Gasteiger partial charge on any atom is 0.225 e. The number of hydrogen-bond acceptors (Lipinski definition) is 2. The summed E-state index contributed by atoms with van der Waals surface area (Å²) in [7, 11) is 0. The van der Waals surface area contributed by atoms with Gasteiger partial charge in [-0.05, 0) is 37.1 Å². The Bertz CT molecular complexity index is 479. The molecule has 1 fully saturated rings. The fraction of sp³-hybridized carbons (Fsp3) is 0.588. The fourth-order valence-corrected chi connectivity index (χ4v) is 2.57. The number of likely N-dealkylation sites (tertiary alicyclic amines) is 1. The van der Waals surface area contributed by atoms with E-state index in [2.05, 4.69) is 10.2 Å². The molecule has 0 saturated carbocycles. The van der Waals surface area contributed by atoms with Gasteiger partial charge in [0.15, 0.2) is 0 Å². The normalized spacial score (nSPS) is 20.3. The second-order valence-corrected chi connectivity index (χ2v) is 6.92. The Hall–Kier alpha value is -1.42. The summed E-state index contributed by atoms with van der Waals surface area (Å²) in [6, 6.07) is 6.86. The number of nitrogens with one attached hydrogen (secondary N) is 1. The molecule has 0 aliphatic carbocycles. The van der Waals surface area contributed by atoms with Crippen LogP contribution in [-0.4, -0.2) is 29.9 Å². The van der Waals surface area contributed by atoms with Crippen LogP contribution in [0.1, 0.15) is 39.2 Å². The molecule has 0 radical (unpaired) electrons. The molecule has 0 spiro atoms. The summed E-state index contributed by atoms with van der Waals surface area (Å²) in [5, 5.41) is 3.14. The standard InChI is InChI=1S/C17H25FN2O/c1-17(2,3)16(21)19-15-5-4-10-20(12-15)11-13-6-8-14(18)9-7-13/h6-9,15H,4-5,10-12H2,1-3H3,(H,19,21). The lowest BCUT2D eigenvalue weighted by molar-refractivity contribution is -0.129. The van der Waals surface area contributed by atoms with Gasteiger partial charge in [-0.3, -0.25) is 9.69 Å². The zero-order valence-corrected chi connectivity index (χ0v) is 13.2. The highest BCUT2D eigenvalue weighted by atomic mass is 19.1. The fourth-order valence-electron chi connectivity index (χ4n) is 2.57. The van der Waals surface area contributed by atoms with E-state index in [1.165, 1.54) is 12.1 Å². The summed E-state index contributed by atoms with van der Waals surface area (Å²) in [6.45, 7) is 8.49. The van der Waals surface area contributed by atoms with Crippen molar-refractivity contribution in [1.29, 1.82) is 0 Å². The van der Waals surface area contributed by atoms with Crippen molar-refractivity contribution in [3.63, 3.8) is 0 Å². The molecule has 0 bridgehead atoms. The monoisotopic (exact) mass is 292 g/mol. The Morgan fingerprint density at radius 3 is 2.62 bits per heavy atom. The third kappa shape index (κ3) is 4.81. The first kappa shape index (κ1) is 16.0.